The summed E-state index contributed by atoms with van der Waals surface area (Å²) < 4.78 is 73.2. The van der Waals surface area contributed by atoms with Gasteiger partial charge in [-0.1, -0.05) is 0 Å². The van der Waals surface area contributed by atoms with E-state index in [1.54, 1.807) is 0 Å². The fourth-order valence-electron chi connectivity index (χ4n) is 4.91. The van der Waals surface area contributed by atoms with Gasteiger partial charge in [-0.2, -0.15) is 23.1 Å². The number of rotatable bonds is 3. The largest absolute Gasteiger partial charge is 0.419 e. The minimum absolute atomic E-state index is 0.287. The Balaban J connectivity index is 1.31. The molecule has 1 aromatic heterocycles. The number of fused-ring (bicyclic) bond motifs is 1. The average molecular weight is 442 g/mol. The molecule has 10 heteroatoms. The zero-order valence-electron chi connectivity index (χ0n) is 16.8. The van der Waals surface area contributed by atoms with Crippen molar-refractivity contribution in [2.75, 3.05) is 37.9 Å². The van der Waals surface area contributed by atoms with Gasteiger partial charge in [0.15, 0.2) is 0 Å². The molecule has 1 aromatic carbocycles. The molecule has 0 bridgehead atoms. The molecule has 4 heterocycles. The number of ether oxygens (including phenoxy) is 1. The highest BCUT2D eigenvalue weighted by molar-refractivity contribution is 5.35. The van der Waals surface area contributed by atoms with Crippen molar-refractivity contribution in [3.63, 3.8) is 0 Å². The molecule has 31 heavy (non-hydrogen) atoms. The number of benzene rings is 1. The van der Waals surface area contributed by atoms with Gasteiger partial charge < -0.3 is 4.74 Å². The smallest absolute Gasteiger partial charge is 0.378 e. The number of hydrogen-bond acceptors (Lipinski definition) is 4. The molecule has 5 nitrogen and oxygen atoms in total. The van der Waals surface area contributed by atoms with Gasteiger partial charge >= 0.3 is 6.18 Å². The molecular weight excluding hydrogens is 419 g/mol. The molecule has 0 spiro atoms. The fourth-order valence-corrected chi connectivity index (χ4v) is 4.91. The predicted molar refractivity (Wildman–Crippen MR) is 102 cm³/mol. The molecule has 0 amide bonds. The summed E-state index contributed by atoms with van der Waals surface area (Å²) >= 11 is 0. The second-order valence-corrected chi connectivity index (χ2v) is 8.50. The van der Waals surface area contributed by atoms with Crippen LogP contribution in [0.25, 0.3) is 0 Å². The van der Waals surface area contributed by atoms with E-state index in [2.05, 4.69) is 10.00 Å². The summed E-state index contributed by atoms with van der Waals surface area (Å²) in [6.07, 6.45) is -1.42. The van der Waals surface area contributed by atoms with E-state index >= 15 is 0 Å². The average Bonchev–Trinajstić information content (AvgIpc) is 3.08. The van der Waals surface area contributed by atoms with E-state index in [0.29, 0.717) is 38.0 Å². The maximum absolute atomic E-state index is 14.0. The third kappa shape index (κ3) is 3.80. The van der Waals surface area contributed by atoms with Crippen molar-refractivity contribution in [1.82, 2.24) is 14.8 Å². The van der Waals surface area contributed by atoms with Crippen molar-refractivity contribution in [2.45, 2.75) is 43.9 Å². The Kier molecular flexibility index (Phi) is 5.16. The summed E-state index contributed by atoms with van der Waals surface area (Å²) in [5.41, 5.74) is 0.656. The van der Waals surface area contributed by atoms with Crippen LogP contribution >= 0.6 is 0 Å². The van der Waals surface area contributed by atoms with E-state index in [9.17, 15) is 22.0 Å². The number of halogens is 5. The summed E-state index contributed by atoms with van der Waals surface area (Å²) in [5.74, 6) is -3.09. The zero-order chi connectivity index (χ0) is 21.8. The molecule has 2 fully saturated rings. The topological polar surface area (TPSA) is 33.5 Å². The van der Waals surface area contributed by atoms with Gasteiger partial charge in [0.05, 0.1) is 36.7 Å². The lowest BCUT2D eigenvalue weighted by Crippen LogP contribution is -2.51. The lowest BCUT2D eigenvalue weighted by Gasteiger charge is -2.40. The molecule has 0 aliphatic carbocycles. The minimum Gasteiger partial charge on any atom is -0.378 e. The van der Waals surface area contributed by atoms with Gasteiger partial charge in [-0.15, -0.1) is 0 Å². The normalized spacial score (nSPS) is 21.3. The second kappa shape index (κ2) is 7.74. The van der Waals surface area contributed by atoms with Crippen molar-refractivity contribution in [3.05, 3.63) is 52.3 Å². The first kappa shape index (κ1) is 20.7. The number of hydrogen-bond donors (Lipinski definition) is 0. The van der Waals surface area contributed by atoms with E-state index < -0.39 is 29.3 Å². The Morgan fingerprint density at radius 3 is 2.42 bits per heavy atom. The number of piperidine rings is 1. The van der Waals surface area contributed by atoms with Crippen LogP contribution in [-0.2, 0) is 23.9 Å². The van der Waals surface area contributed by atoms with Crippen LogP contribution in [0.1, 0.15) is 41.1 Å². The summed E-state index contributed by atoms with van der Waals surface area (Å²) in [5, 5.41) is 6.54. The van der Waals surface area contributed by atoms with Crippen molar-refractivity contribution in [1.29, 1.82) is 0 Å². The summed E-state index contributed by atoms with van der Waals surface area (Å²) in [4.78, 5) is 4.26. The molecular formula is C21H23F5N4O. The molecule has 5 rings (SSSR count). The lowest BCUT2D eigenvalue weighted by atomic mass is 9.86. The highest BCUT2D eigenvalue weighted by Crippen LogP contribution is 2.40. The van der Waals surface area contributed by atoms with Crippen molar-refractivity contribution in [3.8, 4) is 0 Å². The third-order valence-corrected chi connectivity index (χ3v) is 6.63. The molecule has 2 aromatic rings. The molecule has 2 saturated heterocycles. The van der Waals surface area contributed by atoms with Crippen LogP contribution in [0.5, 0.6) is 0 Å². The number of nitrogens with zero attached hydrogens (tertiary/aromatic N) is 4. The van der Waals surface area contributed by atoms with Crippen LogP contribution in [0.3, 0.4) is 0 Å². The Morgan fingerprint density at radius 1 is 1.03 bits per heavy atom. The predicted octanol–water partition coefficient (Wildman–Crippen LogP) is 3.45. The first-order valence-corrected chi connectivity index (χ1v) is 10.5. The Morgan fingerprint density at radius 2 is 1.77 bits per heavy atom. The SMILES string of the molecule is Fc1cc(F)c(C(F)(F)F)c(C2CCN(n3ncc4c3CCN(C3COC3)C4)CC2)c1. The number of alkyl halides is 3. The molecule has 168 valence electrons. The lowest BCUT2D eigenvalue weighted by molar-refractivity contribution is -0.140. The maximum atomic E-state index is 14.0. The zero-order valence-corrected chi connectivity index (χ0v) is 16.8. The fraction of sp³-hybridized carbons (Fsp3) is 0.571. The Hall–Kier alpha value is -2.20. The van der Waals surface area contributed by atoms with E-state index in [-0.39, 0.29) is 5.56 Å². The van der Waals surface area contributed by atoms with Gasteiger partial charge in [0.1, 0.15) is 11.6 Å². The molecule has 0 N–H and O–H groups in total. The van der Waals surface area contributed by atoms with Gasteiger partial charge in [-0.05, 0) is 30.4 Å². The van der Waals surface area contributed by atoms with E-state index in [1.165, 1.54) is 0 Å². The molecule has 0 radical (unpaired) electrons. The first-order valence-electron chi connectivity index (χ1n) is 10.5. The minimum atomic E-state index is -4.86. The van der Waals surface area contributed by atoms with Crippen molar-refractivity contribution in [2.24, 2.45) is 0 Å². The van der Waals surface area contributed by atoms with E-state index in [0.717, 1.165) is 50.0 Å². The first-order chi connectivity index (χ1) is 14.8. The highest BCUT2D eigenvalue weighted by atomic mass is 19.4. The quantitative estimate of drug-likeness (QED) is 0.682. The standard InChI is InChI=1S/C21H23F5N4O/c22-15-7-17(20(18(23)8-15)21(24,25)26)13-1-5-29(6-2-13)30-19-3-4-28(16-11-31-12-16)10-14(19)9-27-30/h7-9,13,16H,1-6,10-12H2. The van der Waals surface area contributed by atoms with Gasteiger partial charge in [0, 0.05) is 44.2 Å². The number of aromatic nitrogens is 2. The van der Waals surface area contributed by atoms with E-state index in [1.807, 2.05) is 16.0 Å². The van der Waals surface area contributed by atoms with Crippen LogP contribution in [0.15, 0.2) is 18.3 Å². The van der Waals surface area contributed by atoms with E-state index in [4.69, 9.17) is 4.74 Å². The van der Waals surface area contributed by atoms with Gasteiger partial charge in [-0.3, -0.25) is 9.91 Å². The van der Waals surface area contributed by atoms with Crippen LogP contribution in [0.4, 0.5) is 22.0 Å². The highest BCUT2D eigenvalue weighted by Gasteiger charge is 2.40. The Bertz CT molecular complexity index is 963. The Labute approximate surface area is 176 Å². The molecule has 0 saturated carbocycles. The molecule has 3 aliphatic heterocycles. The summed E-state index contributed by atoms with van der Waals surface area (Å²) in [6, 6.07) is 1.60. The monoisotopic (exact) mass is 442 g/mol. The van der Waals surface area contributed by atoms with Crippen molar-refractivity contribution < 1.29 is 26.7 Å². The second-order valence-electron chi connectivity index (χ2n) is 8.50. The summed E-state index contributed by atoms with van der Waals surface area (Å²) in [6.45, 7) is 4.19. The third-order valence-electron chi connectivity index (χ3n) is 6.63. The van der Waals surface area contributed by atoms with Gasteiger partial charge in [-0.25, -0.2) is 8.78 Å². The van der Waals surface area contributed by atoms with Gasteiger partial charge in [0.2, 0.25) is 0 Å². The van der Waals surface area contributed by atoms with Crippen LogP contribution in [0, 0.1) is 11.6 Å². The van der Waals surface area contributed by atoms with Crippen LogP contribution < -0.4 is 5.01 Å². The molecule has 0 atom stereocenters. The van der Waals surface area contributed by atoms with Gasteiger partial charge in [0.25, 0.3) is 0 Å². The van der Waals surface area contributed by atoms with Crippen molar-refractivity contribution >= 4 is 0 Å². The van der Waals surface area contributed by atoms with Crippen LogP contribution in [-0.4, -0.2) is 53.7 Å². The van der Waals surface area contributed by atoms with Crippen LogP contribution in [0.2, 0.25) is 0 Å². The molecule has 3 aliphatic rings. The maximum Gasteiger partial charge on any atom is 0.419 e. The molecule has 0 unspecified atom stereocenters. The summed E-state index contributed by atoms with van der Waals surface area (Å²) in [7, 11) is 0.